The molecule has 0 aliphatic carbocycles. The maximum atomic E-state index is 11.7. The van der Waals surface area contributed by atoms with E-state index in [-0.39, 0.29) is 12.5 Å². The van der Waals surface area contributed by atoms with Crippen LogP contribution in [-0.4, -0.2) is 42.2 Å². The van der Waals surface area contributed by atoms with E-state index in [4.69, 9.17) is 14.2 Å². The summed E-state index contributed by atoms with van der Waals surface area (Å²) in [6.07, 6.45) is -1.79. The van der Waals surface area contributed by atoms with E-state index in [9.17, 15) is 9.90 Å². The number of carbonyl (C=O) groups excluding carboxylic acids is 1. The fraction of sp³-hybridized carbons (Fsp3) is 0.381. The van der Waals surface area contributed by atoms with Crippen LogP contribution in [0.1, 0.15) is 18.1 Å². The number of ether oxygens (including phenoxy) is 3. The second kappa shape index (κ2) is 9.62. The molecule has 1 heterocycles. The number of amides is 1. The standard InChI is InChI=1S/C21H25NO5/c1-15(24)22-19-20(25-13-16-8-4-2-5-9-16)18(12-23)27-21(19)26-14-17-10-6-3-7-11-17/h2-11,18-21,23H,12-14H2,1H3,(H,22,24)/t18-,19-,20+,21-/m1/s1. The zero-order chi connectivity index (χ0) is 19.1. The lowest BCUT2D eigenvalue weighted by Gasteiger charge is -2.24. The van der Waals surface area contributed by atoms with Crippen molar-refractivity contribution in [3.63, 3.8) is 0 Å². The zero-order valence-corrected chi connectivity index (χ0v) is 15.3. The van der Waals surface area contributed by atoms with Crippen molar-refractivity contribution in [3.8, 4) is 0 Å². The summed E-state index contributed by atoms with van der Waals surface area (Å²) in [5.74, 6) is -0.205. The maximum absolute atomic E-state index is 11.7. The van der Waals surface area contributed by atoms with Gasteiger partial charge >= 0.3 is 0 Å². The summed E-state index contributed by atoms with van der Waals surface area (Å²) in [6.45, 7) is 1.91. The van der Waals surface area contributed by atoms with Gasteiger partial charge < -0.3 is 24.6 Å². The Labute approximate surface area is 159 Å². The molecule has 1 aliphatic rings. The Morgan fingerprint density at radius 1 is 1.00 bits per heavy atom. The summed E-state index contributed by atoms with van der Waals surface area (Å²) >= 11 is 0. The second-order valence-electron chi connectivity index (χ2n) is 6.51. The minimum Gasteiger partial charge on any atom is -0.394 e. The van der Waals surface area contributed by atoms with Gasteiger partial charge in [-0.05, 0) is 11.1 Å². The SMILES string of the molecule is CC(=O)N[C@H]1[C@H](OCc2ccccc2)O[C@H](CO)[C@@H]1OCc1ccccc1. The Hall–Kier alpha value is -2.25. The van der Waals surface area contributed by atoms with Gasteiger partial charge in [0.2, 0.25) is 5.91 Å². The van der Waals surface area contributed by atoms with Crippen LogP contribution in [0.5, 0.6) is 0 Å². The fourth-order valence-electron chi connectivity index (χ4n) is 3.13. The minimum absolute atomic E-state index is 0.205. The molecule has 6 heteroatoms. The smallest absolute Gasteiger partial charge is 0.217 e. The van der Waals surface area contributed by atoms with Crippen LogP contribution < -0.4 is 5.32 Å². The van der Waals surface area contributed by atoms with Crippen LogP contribution in [0.2, 0.25) is 0 Å². The van der Waals surface area contributed by atoms with E-state index >= 15 is 0 Å². The summed E-state index contributed by atoms with van der Waals surface area (Å²) < 4.78 is 17.7. The average Bonchev–Trinajstić information content (AvgIpc) is 3.02. The molecule has 0 unspecified atom stereocenters. The molecule has 1 saturated heterocycles. The average molecular weight is 371 g/mol. The Bertz CT molecular complexity index is 709. The van der Waals surface area contributed by atoms with Crippen LogP contribution >= 0.6 is 0 Å². The molecule has 27 heavy (non-hydrogen) atoms. The van der Waals surface area contributed by atoms with Gasteiger partial charge in [-0.2, -0.15) is 0 Å². The van der Waals surface area contributed by atoms with Crippen molar-refractivity contribution in [2.24, 2.45) is 0 Å². The molecule has 144 valence electrons. The molecule has 0 aromatic heterocycles. The molecule has 0 radical (unpaired) electrons. The third-order valence-corrected chi connectivity index (χ3v) is 4.41. The van der Waals surface area contributed by atoms with Crippen LogP contribution in [0.15, 0.2) is 60.7 Å². The first-order valence-electron chi connectivity index (χ1n) is 9.02. The number of carbonyl (C=O) groups is 1. The van der Waals surface area contributed by atoms with Gasteiger partial charge in [-0.3, -0.25) is 4.79 Å². The molecule has 2 aromatic carbocycles. The molecule has 0 saturated carbocycles. The first-order chi connectivity index (χ1) is 13.2. The predicted molar refractivity (Wildman–Crippen MR) is 99.6 cm³/mol. The fourth-order valence-corrected chi connectivity index (χ4v) is 3.13. The highest BCUT2D eigenvalue weighted by atomic mass is 16.7. The van der Waals surface area contributed by atoms with Crippen LogP contribution in [0, 0.1) is 0 Å². The van der Waals surface area contributed by atoms with Crippen LogP contribution in [0.4, 0.5) is 0 Å². The van der Waals surface area contributed by atoms with Crippen molar-refractivity contribution in [2.45, 2.75) is 44.7 Å². The van der Waals surface area contributed by atoms with Crippen molar-refractivity contribution >= 4 is 5.91 Å². The molecule has 0 bridgehead atoms. The third kappa shape index (κ3) is 5.37. The lowest BCUT2D eigenvalue weighted by Crippen LogP contribution is -2.49. The Morgan fingerprint density at radius 2 is 1.56 bits per heavy atom. The molecular formula is C21H25NO5. The highest BCUT2D eigenvalue weighted by Crippen LogP contribution is 2.26. The van der Waals surface area contributed by atoms with Gasteiger partial charge in [0.25, 0.3) is 0 Å². The molecule has 4 atom stereocenters. The Balaban J connectivity index is 1.68. The van der Waals surface area contributed by atoms with E-state index in [0.717, 1.165) is 11.1 Å². The summed E-state index contributed by atoms with van der Waals surface area (Å²) in [5, 5.41) is 12.6. The lowest BCUT2D eigenvalue weighted by atomic mass is 10.1. The van der Waals surface area contributed by atoms with Gasteiger partial charge in [0.1, 0.15) is 18.2 Å². The topological polar surface area (TPSA) is 77.0 Å². The quantitative estimate of drug-likeness (QED) is 0.742. The van der Waals surface area contributed by atoms with Crippen molar-refractivity contribution < 1.29 is 24.1 Å². The second-order valence-corrected chi connectivity index (χ2v) is 6.51. The highest BCUT2D eigenvalue weighted by molar-refractivity contribution is 5.73. The highest BCUT2D eigenvalue weighted by Gasteiger charge is 2.46. The normalized spacial score (nSPS) is 24.7. The number of nitrogens with one attached hydrogen (secondary N) is 1. The summed E-state index contributed by atoms with van der Waals surface area (Å²) in [6, 6.07) is 18.9. The first kappa shape index (κ1) is 19.5. The van der Waals surface area contributed by atoms with Gasteiger partial charge in [-0.25, -0.2) is 0 Å². The van der Waals surface area contributed by atoms with E-state index in [1.165, 1.54) is 6.92 Å². The molecule has 2 aromatic rings. The molecule has 1 fully saturated rings. The molecule has 2 N–H and O–H groups in total. The van der Waals surface area contributed by atoms with Crippen LogP contribution in [0.3, 0.4) is 0 Å². The zero-order valence-electron chi connectivity index (χ0n) is 15.3. The lowest BCUT2D eigenvalue weighted by molar-refractivity contribution is -0.158. The summed E-state index contributed by atoms with van der Waals surface area (Å²) in [5.41, 5.74) is 2.00. The number of hydrogen-bond donors (Lipinski definition) is 2. The van der Waals surface area contributed by atoms with Gasteiger partial charge in [0.15, 0.2) is 6.29 Å². The van der Waals surface area contributed by atoms with Crippen molar-refractivity contribution in [3.05, 3.63) is 71.8 Å². The van der Waals surface area contributed by atoms with Crippen molar-refractivity contribution in [1.29, 1.82) is 0 Å². The Kier molecular flexibility index (Phi) is 6.95. The van der Waals surface area contributed by atoms with Gasteiger partial charge in [-0.1, -0.05) is 60.7 Å². The molecular weight excluding hydrogens is 346 g/mol. The first-order valence-corrected chi connectivity index (χ1v) is 9.02. The number of aliphatic hydroxyl groups is 1. The summed E-state index contributed by atoms with van der Waals surface area (Å²) in [7, 11) is 0. The summed E-state index contributed by atoms with van der Waals surface area (Å²) in [4.78, 5) is 11.7. The Morgan fingerprint density at radius 3 is 2.07 bits per heavy atom. The van der Waals surface area contributed by atoms with E-state index in [2.05, 4.69) is 5.32 Å². The van der Waals surface area contributed by atoms with E-state index < -0.39 is 24.5 Å². The number of rotatable bonds is 8. The molecule has 3 rings (SSSR count). The molecule has 1 aliphatic heterocycles. The monoisotopic (exact) mass is 371 g/mol. The number of aliphatic hydroxyl groups excluding tert-OH is 1. The maximum Gasteiger partial charge on any atom is 0.217 e. The van der Waals surface area contributed by atoms with E-state index in [1.54, 1.807) is 0 Å². The van der Waals surface area contributed by atoms with Gasteiger partial charge in [0, 0.05) is 6.92 Å². The molecule has 0 spiro atoms. The number of hydrogen-bond acceptors (Lipinski definition) is 5. The van der Waals surface area contributed by atoms with Crippen molar-refractivity contribution in [2.75, 3.05) is 6.61 Å². The van der Waals surface area contributed by atoms with E-state index in [1.807, 2.05) is 60.7 Å². The molecule has 1 amide bonds. The third-order valence-electron chi connectivity index (χ3n) is 4.41. The van der Waals surface area contributed by atoms with E-state index in [0.29, 0.717) is 13.2 Å². The largest absolute Gasteiger partial charge is 0.394 e. The molecule has 6 nitrogen and oxygen atoms in total. The van der Waals surface area contributed by atoms with Gasteiger partial charge in [0.05, 0.1) is 19.8 Å². The van der Waals surface area contributed by atoms with Crippen LogP contribution in [-0.2, 0) is 32.2 Å². The number of benzene rings is 2. The van der Waals surface area contributed by atoms with Crippen LogP contribution in [0.25, 0.3) is 0 Å². The van der Waals surface area contributed by atoms with Gasteiger partial charge in [-0.15, -0.1) is 0 Å². The minimum atomic E-state index is -0.702. The predicted octanol–water partition coefficient (Wildman–Crippen LogP) is 2.01. The van der Waals surface area contributed by atoms with Crippen molar-refractivity contribution in [1.82, 2.24) is 5.32 Å².